The third kappa shape index (κ3) is 3.74. The Bertz CT molecular complexity index is 348. The van der Waals surface area contributed by atoms with Crippen molar-refractivity contribution in [3.63, 3.8) is 0 Å². The van der Waals surface area contributed by atoms with Gasteiger partial charge in [-0.25, -0.2) is 0 Å². The van der Waals surface area contributed by atoms with Gasteiger partial charge in [-0.3, -0.25) is 9.59 Å². The Morgan fingerprint density at radius 2 is 1.90 bits per heavy atom. The van der Waals surface area contributed by atoms with Crippen LogP contribution in [0.1, 0.15) is 77.6 Å². The largest absolute Gasteiger partial charge is 0.351 e. The molecule has 1 aliphatic carbocycles. The first-order valence-electron chi connectivity index (χ1n) is 8.28. The van der Waals surface area contributed by atoms with Gasteiger partial charge in [0.05, 0.1) is 0 Å². The number of rotatable bonds is 3. The van der Waals surface area contributed by atoms with Crippen molar-refractivity contribution in [1.29, 1.82) is 0 Å². The topological polar surface area (TPSA) is 58.2 Å². The normalized spacial score (nSPS) is 29.1. The number of hydrogen-bond donors (Lipinski definition) is 2. The number of nitrogens with one attached hydrogen (secondary N) is 2. The number of hydrogen-bond acceptors (Lipinski definition) is 2. The summed E-state index contributed by atoms with van der Waals surface area (Å²) in [6.45, 7) is 2.00. The Kier molecular flexibility index (Phi) is 5.44. The second-order valence-corrected chi connectivity index (χ2v) is 6.35. The van der Waals surface area contributed by atoms with E-state index in [9.17, 15) is 9.59 Å². The minimum Gasteiger partial charge on any atom is -0.351 e. The summed E-state index contributed by atoms with van der Waals surface area (Å²) in [5, 5.41) is 6.21. The van der Waals surface area contributed by atoms with Crippen LogP contribution in [-0.2, 0) is 9.59 Å². The van der Waals surface area contributed by atoms with Crippen molar-refractivity contribution >= 4 is 11.8 Å². The summed E-state index contributed by atoms with van der Waals surface area (Å²) in [7, 11) is 0. The molecule has 1 heterocycles. The molecule has 4 nitrogen and oxygen atoms in total. The van der Waals surface area contributed by atoms with Crippen LogP contribution >= 0.6 is 0 Å². The van der Waals surface area contributed by atoms with Crippen LogP contribution in [0.5, 0.6) is 0 Å². The average Bonchev–Trinajstić information content (AvgIpc) is 2.80. The van der Waals surface area contributed by atoms with Crippen LogP contribution in [0.4, 0.5) is 0 Å². The lowest BCUT2D eigenvalue weighted by Crippen LogP contribution is -2.59. The number of carbonyl (C=O) groups is 2. The standard InChI is InChI=1S/C16H28N2O2/c1-2-16(12-8-7-11-14(19)18-16)15(20)17-13-9-5-3-4-6-10-13/h13H,2-12H2,1H3,(H,17,20)(H,18,19). The molecule has 0 aromatic carbocycles. The first-order chi connectivity index (χ1) is 9.66. The second kappa shape index (κ2) is 7.09. The van der Waals surface area contributed by atoms with E-state index in [1.54, 1.807) is 0 Å². The van der Waals surface area contributed by atoms with E-state index in [0.717, 1.165) is 32.1 Å². The lowest BCUT2D eigenvalue weighted by molar-refractivity contribution is -0.134. The zero-order valence-corrected chi connectivity index (χ0v) is 12.7. The SMILES string of the molecule is CCC1(C(=O)NC2CCCCCC2)CCCCC(=O)N1. The van der Waals surface area contributed by atoms with Crippen molar-refractivity contribution < 1.29 is 9.59 Å². The summed E-state index contributed by atoms with van der Waals surface area (Å²) < 4.78 is 0. The van der Waals surface area contributed by atoms with Crippen molar-refractivity contribution in [1.82, 2.24) is 10.6 Å². The predicted octanol–water partition coefficient (Wildman–Crippen LogP) is 2.66. The molecule has 2 amide bonds. The van der Waals surface area contributed by atoms with Gasteiger partial charge in [-0.15, -0.1) is 0 Å². The zero-order valence-electron chi connectivity index (χ0n) is 12.7. The molecular formula is C16H28N2O2. The van der Waals surface area contributed by atoms with E-state index in [1.807, 2.05) is 6.92 Å². The molecule has 1 saturated carbocycles. The van der Waals surface area contributed by atoms with E-state index in [4.69, 9.17) is 0 Å². The summed E-state index contributed by atoms with van der Waals surface area (Å²) >= 11 is 0. The van der Waals surface area contributed by atoms with Gasteiger partial charge in [-0.2, -0.15) is 0 Å². The lowest BCUT2D eigenvalue weighted by atomic mass is 9.89. The first kappa shape index (κ1) is 15.3. The number of amides is 2. The Morgan fingerprint density at radius 1 is 1.20 bits per heavy atom. The Balaban J connectivity index is 2.01. The molecule has 114 valence electrons. The van der Waals surface area contributed by atoms with Crippen molar-refractivity contribution in [3.8, 4) is 0 Å². The van der Waals surface area contributed by atoms with Gasteiger partial charge in [0, 0.05) is 12.5 Å². The third-order valence-electron chi connectivity index (χ3n) is 4.86. The molecule has 4 heteroatoms. The molecule has 2 fully saturated rings. The molecule has 0 bridgehead atoms. The monoisotopic (exact) mass is 280 g/mol. The molecule has 0 aromatic rings. The van der Waals surface area contributed by atoms with Gasteiger partial charge in [0.25, 0.3) is 0 Å². The molecule has 2 N–H and O–H groups in total. The molecule has 0 spiro atoms. The molecule has 1 aliphatic heterocycles. The molecule has 1 unspecified atom stereocenters. The maximum atomic E-state index is 12.7. The maximum Gasteiger partial charge on any atom is 0.245 e. The fourth-order valence-electron chi connectivity index (χ4n) is 3.45. The molecule has 2 rings (SSSR count). The van der Waals surface area contributed by atoms with E-state index in [2.05, 4.69) is 10.6 Å². The summed E-state index contributed by atoms with van der Waals surface area (Å²) in [6.07, 6.45) is 11.0. The van der Waals surface area contributed by atoms with Gasteiger partial charge in [-0.05, 0) is 32.1 Å². The quantitative estimate of drug-likeness (QED) is 0.781. The van der Waals surface area contributed by atoms with Gasteiger partial charge >= 0.3 is 0 Å². The average molecular weight is 280 g/mol. The molecule has 0 aromatic heterocycles. The minimum atomic E-state index is -0.667. The van der Waals surface area contributed by atoms with Crippen LogP contribution < -0.4 is 10.6 Å². The van der Waals surface area contributed by atoms with E-state index in [0.29, 0.717) is 18.9 Å². The molecule has 20 heavy (non-hydrogen) atoms. The summed E-state index contributed by atoms with van der Waals surface area (Å²) in [4.78, 5) is 24.5. The predicted molar refractivity (Wildman–Crippen MR) is 79.3 cm³/mol. The highest BCUT2D eigenvalue weighted by Crippen LogP contribution is 2.25. The van der Waals surface area contributed by atoms with Crippen LogP contribution in [0.2, 0.25) is 0 Å². The van der Waals surface area contributed by atoms with Gasteiger partial charge in [0.2, 0.25) is 11.8 Å². The van der Waals surface area contributed by atoms with Crippen LogP contribution in [-0.4, -0.2) is 23.4 Å². The van der Waals surface area contributed by atoms with Crippen molar-refractivity contribution in [2.75, 3.05) is 0 Å². The Hall–Kier alpha value is -1.06. The van der Waals surface area contributed by atoms with Crippen LogP contribution in [0.3, 0.4) is 0 Å². The molecule has 1 saturated heterocycles. The fourth-order valence-corrected chi connectivity index (χ4v) is 3.45. The van der Waals surface area contributed by atoms with Gasteiger partial charge < -0.3 is 10.6 Å². The highest BCUT2D eigenvalue weighted by atomic mass is 16.2. The fraction of sp³-hybridized carbons (Fsp3) is 0.875. The maximum absolute atomic E-state index is 12.7. The smallest absolute Gasteiger partial charge is 0.245 e. The zero-order chi connectivity index (χ0) is 14.4. The molecule has 2 aliphatic rings. The minimum absolute atomic E-state index is 0.0281. The molecular weight excluding hydrogens is 252 g/mol. The highest BCUT2D eigenvalue weighted by molar-refractivity contribution is 5.92. The molecule has 0 radical (unpaired) electrons. The van der Waals surface area contributed by atoms with Gasteiger partial charge in [0.15, 0.2) is 0 Å². The van der Waals surface area contributed by atoms with Crippen LogP contribution in [0.25, 0.3) is 0 Å². The lowest BCUT2D eigenvalue weighted by Gasteiger charge is -2.33. The summed E-state index contributed by atoms with van der Waals surface area (Å²) in [5.74, 6) is 0.0718. The second-order valence-electron chi connectivity index (χ2n) is 6.35. The van der Waals surface area contributed by atoms with Crippen molar-refractivity contribution in [2.45, 2.75) is 89.1 Å². The Morgan fingerprint density at radius 3 is 2.55 bits per heavy atom. The van der Waals surface area contributed by atoms with Gasteiger partial charge in [-0.1, -0.05) is 39.0 Å². The summed E-state index contributed by atoms with van der Waals surface area (Å²) in [5.41, 5.74) is -0.667. The third-order valence-corrected chi connectivity index (χ3v) is 4.86. The summed E-state index contributed by atoms with van der Waals surface area (Å²) in [6, 6.07) is 0.300. The van der Waals surface area contributed by atoms with Crippen molar-refractivity contribution in [2.24, 2.45) is 0 Å². The van der Waals surface area contributed by atoms with Crippen molar-refractivity contribution in [3.05, 3.63) is 0 Å². The number of carbonyl (C=O) groups excluding carboxylic acids is 2. The Labute approximate surface area is 122 Å². The highest BCUT2D eigenvalue weighted by Gasteiger charge is 2.39. The van der Waals surface area contributed by atoms with E-state index >= 15 is 0 Å². The van der Waals surface area contributed by atoms with E-state index in [1.165, 1.54) is 25.7 Å². The van der Waals surface area contributed by atoms with Crippen LogP contribution in [0.15, 0.2) is 0 Å². The van der Waals surface area contributed by atoms with Crippen LogP contribution in [0, 0.1) is 0 Å². The first-order valence-corrected chi connectivity index (χ1v) is 8.28. The molecule has 1 atom stereocenters. The van der Waals surface area contributed by atoms with E-state index < -0.39 is 5.54 Å². The van der Waals surface area contributed by atoms with E-state index in [-0.39, 0.29) is 11.8 Å². The van der Waals surface area contributed by atoms with Gasteiger partial charge in [0.1, 0.15) is 5.54 Å².